The molecule has 130 valence electrons. The normalized spacial score (nSPS) is 14.2. The summed E-state index contributed by atoms with van der Waals surface area (Å²) < 4.78 is 18.4. The maximum Gasteiger partial charge on any atom is 0.274 e. The van der Waals surface area contributed by atoms with Crippen molar-refractivity contribution in [2.45, 2.75) is 0 Å². The first kappa shape index (κ1) is 17.3. The topological polar surface area (TPSA) is 71.5 Å². The van der Waals surface area contributed by atoms with E-state index < -0.39 is 11.7 Å². The Kier molecular flexibility index (Phi) is 5.25. The van der Waals surface area contributed by atoms with E-state index in [9.17, 15) is 14.0 Å². The molecule has 8 heteroatoms. The molecule has 0 spiro atoms. The van der Waals surface area contributed by atoms with Crippen LogP contribution in [0.4, 0.5) is 10.1 Å². The number of benzene rings is 1. The fraction of sp³-hybridized carbons (Fsp3) is 0.235. The maximum absolute atomic E-state index is 13.2. The highest BCUT2D eigenvalue weighted by Gasteiger charge is 2.20. The molecule has 0 saturated carbocycles. The van der Waals surface area contributed by atoms with Gasteiger partial charge in [-0.2, -0.15) is 0 Å². The van der Waals surface area contributed by atoms with E-state index in [2.05, 4.69) is 10.3 Å². The van der Waals surface area contributed by atoms with Crippen LogP contribution in [0.2, 0.25) is 5.02 Å². The minimum absolute atomic E-state index is 0.0829. The molecular weight excluding hydrogens is 349 g/mol. The Bertz CT molecular complexity index is 809. The van der Waals surface area contributed by atoms with Gasteiger partial charge in [0.1, 0.15) is 11.5 Å². The minimum atomic E-state index is -0.573. The first-order valence-corrected chi connectivity index (χ1v) is 8.02. The van der Waals surface area contributed by atoms with Crippen LogP contribution in [-0.2, 0) is 4.74 Å². The molecule has 0 bridgehead atoms. The highest BCUT2D eigenvalue weighted by molar-refractivity contribution is 6.31. The lowest BCUT2D eigenvalue weighted by Gasteiger charge is -2.26. The van der Waals surface area contributed by atoms with Crippen LogP contribution in [0.25, 0.3) is 0 Å². The zero-order valence-electron chi connectivity index (χ0n) is 13.2. The average molecular weight is 364 g/mol. The molecule has 1 aromatic heterocycles. The summed E-state index contributed by atoms with van der Waals surface area (Å²) in [6.07, 6.45) is 1.40. The van der Waals surface area contributed by atoms with Gasteiger partial charge in [-0.1, -0.05) is 11.6 Å². The Balaban J connectivity index is 1.74. The highest BCUT2D eigenvalue weighted by Crippen LogP contribution is 2.20. The monoisotopic (exact) mass is 363 g/mol. The smallest absolute Gasteiger partial charge is 0.274 e. The van der Waals surface area contributed by atoms with Gasteiger partial charge in [0.25, 0.3) is 11.8 Å². The van der Waals surface area contributed by atoms with Crippen LogP contribution in [0.15, 0.2) is 36.5 Å². The van der Waals surface area contributed by atoms with E-state index in [1.807, 2.05) is 0 Å². The summed E-state index contributed by atoms with van der Waals surface area (Å²) in [5.41, 5.74) is 0.793. The molecule has 0 unspecified atom stereocenters. The predicted octanol–water partition coefficient (Wildman–Crippen LogP) is 2.60. The van der Waals surface area contributed by atoms with Gasteiger partial charge in [-0.3, -0.25) is 14.6 Å². The fourth-order valence-corrected chi connectivity index (χ4v) is 2.59. The molecule has 1 fully saturated rings. The lowest BCUT2D eigenvalue weighted by molar-refractivity contribution is 0.0303. The molecule has 25 heavy (non-hydrogen) atoms. The Labute approximate surface area is 148 Å². The molecule has 0 aliphatic carbocycles. The third kappa shape index (κ3) is 4.12. The van der Waals surface area contributed by atoms with Crippen molar-refractivity contribution < 1.29 is 18.7 Å². The highest BCUT2D eigenvalue weighted by atomic mass is 35.5. The van der Waals surface area contributed by atoms with E-state index in [1.54, 1.807) is 11.0 Å². The molecule has 6 nitrogen and oxygen atoms in total. The third-order valence-corrected chi connectivity index (χ3v) is 4.00. The Morgan fingerprint density at radius 3 is 2.68 bits per heavy atom. The number of nitrogens with zero attached hydrogens (tertiary/aromatic N) is 2. The van der Waals surface area contributed by atoms with E-state index in [0.717, 1.165) is 6.07 Å². The van der Waals surface area contributed by atoms with Gasteiger partial charge in [0.2, 0.25) is 0 Å². The van der Waals surface area contributed by atoms with Crippen molar-refractivity contribution in [3.05, 3.63) is 58.6 Å². The average Bonchev–Trinajstić information content (AvgIpc) is 2.65. The van der Waals surface area contributed by atoms with Crippen LogP contribution >= 0.6 is 11.6 Å². The maximum atomic E-state index is 13.2. The number of rotatable bonds is 3. The van der Waals surface area contributed by atoms with E-state index in [-0.39, 0.29) is 16.6 Å². The summed E-state index contributed by atoms with van der Waals surface area (Å²) in [4.78, 5) is 30.4. The molecule has 1 N–H and O–H groups in total. The number of halogens is 2. The van der Waals surface area contributed by atoms with E-state index >= 15 is 0 Å². The van der Waals surface area contributed by atoms with Gasteiger partial charge in [-0.05, 0) is 30.3 Å². The second-order valence-corrected chi connectivity index (χ2v) is 5.82. The predicted molar refractivity (Wildman–Crippen MR) is 90.3 cm³/mol. The molecule has 0 radical (unpaired) electrons. The van der Waals surface area contributed by atoms with Gasteiger partial charge in [0.05, 0.1) is 18.2 Å². The van der Waals surface area contributed by atoms with Gasteiger partial charge in [-0.25, -0.2) is 4.39 Å². The van der Waals surface area contributed by atoms with Gasteiger partial charge in [0.15, 0.2) is 0 Å². The molecule has 3 rings (SSSR count). The number of ether oxygens (including phenoxy) is 1. The van der Waals surface area contributed by atoms with Crippen LogP contribution < -0.4 is 5.32 Å². The largest absolute Gasteiger partial charge is 0.378 e. The summed E-state index contributed by atoms with van der Waals surface area (Å²) in [7, 11) is 0. The number of hydrogen-bond donors (Lipinski definition) is 1. The number of nitrogens with one attached hydrogen (secondary N) is 1. The quantitative estimate of drug-likeness (QED) is 0.909. The van der Waals surface area contributed by atoms with Crippen LogP contribution in [-0.4, -0.2) is 48.0 Å². The molecule has 2 heterocycles. The molecule has 1 aliphatic rings. The van der Waals surface area contributed by atoms with E-state index in [0.29, 0.717) is 37.6 Å². The van der Waals surface area contributed by atoms with E-state index in [4.69, 9.17) is 16.3 Å². The summed E-state index contributed by atoms with van der Waals surface area (Å²) in [5, 5.41) is 2.48. The molecule has 2 aromatic rings. The number of morpholine rings is 1. The number of pyridine rings is 1. The van der Waals surface area contributed by atoms with Crippen LogP contribution in [0.5, 0.6) is 0 Å². The summed E-state index contributed by atoms with van der Waals surface area (Å²) in [5.74, 6) is -1.26. The zero-order chi connectivity index (χ0) is 17.8. The number of carbonyl (C=O) groups excluding carboxylic acids is 2. The molecule has 1 saturated heterocycles. The second-order valence-electron chi connectivity index (χ2n) is 5.42. The molecule has 1 aromatic carbocycles. The summed E-state index contributed by atoms with van der Waals surface area (Å²) in [6.45, 7) is 2.01. The Morgan fingerprint density at radius 2 is 1.96 bits per heavy atom. The van der Waals surface area contributed by atoms with Gasteiger partial charge in [-0.15, -0.1) is 0 Å². The zero-order valence-corrected chi connectivity index (χ0v) is 13.9. The summed E-state index contributed by atoms with van der Waals surface area (Å²) in [6, 6.07) is 6.84. The SMILES string of the molecule is O=C(Nc1ccc(F)c(Cl)c1)c1cc(C(=O)N2CCOCC2)ccn1. The van der Waals surface area contributed by atoms with Crippen molar-refractivity contribution in [2.24, 2.45) is 0 Å². The standard InChI is InChI=1S/C17H15ClFN3O3/c18-13-10-12(1-2-14(13)19)21-16(23)15-9-11(3-4-20-15)17(24)22-5-7-25-8-6-22/h1-4,9-10H,5-8H2,(H,21,23). The first-order chi connectivity index (χ1) is 12.0. The van der Waals surface area contributed by atoms with Crippen LogP contribution in [0, 0.1) is 5.82 Å². The van der Waals surface area contributed by atoms with Crippen molar-refractivity contribution in [1.29, 1.82) is 0 Å². The van der Waals surface area contributed by atoms with Crippen molar-refractivity contribution in [1.82, 2.24) is 9.88 Å². The molecular formula is C17H15ClFN3O3. The fourth-order valence-electron chi connectivity index (χ4n) is 2.41. The first-order valence-electron chi connectivity index (χ1n) is 7.64. The Morgan fingerprint density at radius 1 is 1.20 bits per heavy atom. The Hall–Kier alpha value is -2.51. The number of carbonyl (C=O) groups is 2. The van der Waals surface area contributed by atoms with Crippen molar-refractivity contribution in [3.63, 3.8) is 0 Å². The van der Waals surface area contributed by atoms with Crippen molar-refractivity contribution in [2.75, 3.05) is 31.6 Å². The van der Waals surface area contributed by atoms with E-state index in [1.165, 1.54) is 24.4 Å². The minimum Gasteiger partial charge on any atom is -0.378 e. The van der Waals surface area contributed by atoms with Crippen molar-refractivity contribution in [3.8, 4) is 0 Å². The van der Waals surface area contributed by atoms with Gasteiger partial charge in [0, 0.05) is 30.5 Å². The molecule has 1 aliphatic heterocycles. The molecule has 0 atom stereocenters. The second kappa shape index (κ2) is 7.58. The summed E-state index contributed by atoms with van der Waals surface area (Å²) >= 11 is 5.69. The van der Waals surface area contributed by atoms with Gasteiger partial charge < -0.3 is 15.0 Å². The number of anilines is 1. The lowest BCUT2D eigenvalue weighted by Crippen LogP contribution is -2.40. The number of amides is 2. The van der Waals surface area contributed by atoms with Crippen LogP contribution in [0.1, 0.15) is 20.8 Å². The van der Waals surface area contributed by atoms with Gasteiger partial charge >= 0.3 is 0 Å². The molecule has 2 amide bonds. The number of aromatic nitrogens is 1. The van der Waals surface area contributed by atoms with Crippen LogP contribution in [0.3, 0.4) is 0 Å². The lowest BCUT2D eigenvalue weighted by atomic mass is 10.2. The number of hydrogen-bond acceptors (Lipinski definition) is 4. The third-order valence-electron chi connectivity index (χ3n) is 3.72. The van der Waals surface area contributed by atoms with Crippen molar-refractivity contribution >= 4 is 29.1 Å².